The van der Waals surface area contributed by atoms with Crippen molar-refractivity contribution in [2.45, 2.75) is 46.3 Å². The minimum Gasteiger partial charge on any atom is -0.489 e. The number of benzene rings is 1. The lowest BCUT2D eigenvalue weighted by atomic mass is 10.2. The van der Waals surface area contributed by atoms with Crippen LogP contribution in [0.4, 0.5) is 0 Å². The lowest BCUT2D eigenvalue weighted by molar-refractivity contribution is 0.0776. The summed E-state index contributed by atoms with van der Waals surface area (Å²) in [6.07, 6.45) is 1.29. The first-order valence-electron chi connectivity index (χ1n) is 8.31. The van der Waals surface area contributed by atoms with E-state index in [0.29, 0.717) is 6.54 Å². The van der Waals surface area contributed by atoms with Crippen LogP contribution in [0.15, 0.2) is 29.3 Å². The molecule has 0 aromatic heterocycles. The van der Waals surface area contributed by atoms with Crippen LogP contribution in [0.3, 0.4) is 0 Å². The molecule has 0 aliphatic carbocycles. The van der Waals surface area contributed by atoms with Gasteiger partial charge in [-0.15, -0.1) is 24.0 Å². The van der Waals surface area contributed by atoms with Gasteiger partial charge in [0.2, 0.25) is 0 Å². The summed E-state index contributed by atoms with van der Waals surface area (Å²) >= 11 is 0. The zero-order valence-electron chi connectivity index (χ0n) is 15.5. The van der Waals surface area contributed by atoms with Crippen molar-refractivity contribution in [1.29, 1.82) is 0 Å². The first kappa shape index (κ1) is 23.0. The number of hydrogen-bond acceptors (Lipinski definition) is 3. The molecule has 0 bridgehead atoms. The van der Waals surface area contributed by atoms with Gasteiger partial charge in [-0.25, -0.2) is 0 Å². The van der Waals surface area contributed by atoms with Gasteiger partial charge in [-0.1, -0.05) is 18.2 Å². The average molecular weight is 449 g/mol. The fourth-order valence-electron chi connectivity index (χ4n) is 2.01. The second-order valence-electron chi connectivity index (χ2n) is 5.85. The number of guanidine groups is 1. The number of rotatable bonds is 9. The van der Waals surface area contributed by atoms with E-state index in [9.17, 15) is 0 Å². The van der Waals surface area contributed by atoms with Crippen molar-refractivity contribution in [2.75, 3.05) is 26.7 Å². The largest absolute Gasteiger partial charge is 0.489 e. The molecule has 1 atom stereocenters. The molecule has 0 fully saturated rings. The van der Waals surface area contributed by atoms with Crippen LogP contribution in [-0.2, 0) is 4.74 Å². The predicted octanol–water partition coefficient (Wildman–Crippen LogP) is 3.36. The van der Waals surface area contributed by atoms with E-state index in [4.69, 9.17) is 9.47 Å². The number of aliphatic imine (C=N–C) groups is 1. The van der Waals surface area contributed by atoms with E-state index in [1.165, 1.54) is 0 Å². The van der Waals surface area contributed by atoms with Gasteiger partial charge in [0.15, 0.2) is 5.96 Å². The van der Waals surface area contributed by atoms with Crippen molar-refractivity contribution < 1.29 is 9.47 Å². The van der Waals surface area contributed by atoms with Gasteiger partial charge in [0.25, 0.3) is 0 Å². The van der Waals surface area contributed by atoms with Gasteiger partial charge in [-0.3, -0.25) is 4.99 Å². The lowest BCUT2D eigenvalue weighted by Gasteiger charge is -2.19. The van der Waals surface area contributed by atoms with Crippen LogP contribution in [0.25, 0.3) is 0 Å². The Morgan fingerprint density at radius 1 is 1.17 bits per heavy atom. The second-order valence-corrected chi connectivity index (χ2v) is 5.85. The molecule has 1 aromatic rings. The maximum Gasteiger partial charge on any atom is 0.191 e. The van der Waals surface area contributed by atoms with E-state index in [0.717, 1.165) is 36.8 Å². The minimum atomic E-state index is 0. The molecule has 5 nitrogen and oxygen atoms in total. The van der Waals surface area contributed by atoms with Gasteiger partial charge in [-0.05, 0) is 45.7 Å². The van der Waals surface area contributed by atoms with Crippen LogP contribution in [0.5, 0.6) is 5.75 Å². The first-order valence-corrected chi connectivity index (χ1v) is 8.31. The van der Waals surface area contributed by atoms with Gasteiger partial charge in [-0.2, -0.15) is 0 Å². The van der Waals surface area contributed by atoms with Crippen LogP contribution >= 0.6 is 24.0 Å². The van der Waals surface area contributed by atoms with Crippen LogP contribution in [0.1, 0.15) is 32.8 Å². The predicted molar refractivity (Wildman–Crippen MR) is 112 cm³/mol. The molecule has 0 aliphatic rings. The fourth-order valence-corrected chi connectivity index (χ4v) is 2.01. The lowest BCUT2D eigenvalue weighted by Crippen LogP contribution is -2.42. The number of nitrogens with one attached hydrogen (secondary N) is 2. The molecule has 0 saturated carbocycles. The summed E-state index contributed by atoms with van der Waals surface area (Å²) < 4.78 is 11.5. The highest BCUT2D eigenvalue weighted by Crippen LogP contribution is 2.17. The van der Waals surface area contributed by atoms with Gasteiger partial charge in [0.1, 0.15) is 11.9 Å². The van der Waals surface area contributed by atoms with E-state index < -0.39 is 0 Å². The molecule has 6 heteroatoms. The van der Waals surface area contributed by atoms with Crippen molar-refractivity contribution in [1.82, 2.24) is 10.6 Å². The third kappa shape index (κ3) is 9.97. The molecule has 2 N–H and O–H groups in total. The van der Waals surface area contributed by atoms with Crippen molar-refractivity contribution in [3.8, 4) is 5.75 Å². The molecule has 0 heterocycles. The number of nitrogens with zero attached hydrogens (tertiary/aromatic N) is 1. The number of halogens is 1. The fraction of sp³-hybridized carbons (Fsp3) is 0.611. The smallest absolute Gasteiger partial charge is 0.191 e. The van der Waals surface area contributed by atoms with Crippen molar-refractivity contribution in [3.05, 3.63) is 29.8 Å². The molecule has 24 heavy (non-hydrogen) atoms. The Bertz CT molecular complexity index is 481. The second kappa shape index (κ2) is 13.3. The molecule has 0 saturated heterocycles. The van der Waals surface area contributed by atoms with Crippen LogP contribution in [-0.4, -0.2) is 44.9 Å². The molecule has 0 radical (unpaired) electrons. The molecule has 0 amide bonds. The average Bonchev–Trinajstić information content (AvgIpc) is 2.52. The van der Waals surface area contributed by atoms with Crippen molar-refractivity contribution >= 4 is 29.9 Å². The molecule has 1 rings (SSSR count). The van der Waals surface area contributed by atoms with Gasteiger partial charge < -0.3 is 20.1 Å². The molecule has 1 aromatic carbocycles. The topological polar surface area (TPSA) is 54.9 Å². The van der Waals surface area contributed by atoms with Crippen molar-refractivity contribution in [3.63, 3.8) is 0 Å². The molecule has 0 spiro atoms. The zero-order chi connectivity index (χ0) is 17.1. The summed E-state index contributed by atoms with van der Waals surface area (Å²) in [6.45, 7) is 10.5. The summed E-state index contributed by atoms with van der Waals surface area (Å²) in [5.41, 5.74) is 1.15. The van der Waals surface area contributed by atoms with Crippen LogP contribution < -0.4 is 15.4 Å². The molecular formula is C18H32IN3O2. The Morgan fingerprint density at radius 3 is 2.50 bits per heavy atom. The standard InChI is InChI=1S/C18H31N3O2.HI/c1-14(2)22-12-8-11-20-18(19-5)21-13-16(4)23-17-10-7-6-9-15(17)3;/h6-7,9-10,14,16H,8,11-13H2,1-5H3,(H2,19,20,21);1H. The number of hydrogen-bond donors (Lipinski definition) is 2. The highest BCUT2D eigenvalue weighted by atomic mass is 127. The minimum absolute atomic E-state index is 0. The summed E-state index contributed by atoms with van der Waals surface area (Å²) in [5.74, 6) is 1.71. The first-order chi connectivity index (χ1) is 11.0. The van der Waals surface area contributed by atoms with Gasteiger partial charge >= 0.3 is 0 Å². The Kier molecular flexibility index (Phi) is 12.7. The summed E-state index contributed by atoms with van der Waals surface area (Å²) in [4.78, 5) is 4.22. The Labute approximate surface area is 163 Å². The third-order valence-corrected chi connectivity index (χ3v) is 3.27. The summed E-state index contributed by atoms with van der Waals surface area (Å²) in [5, 5.41) is 6.56. The van der Waals surface area contributed by atoms with E-state index in [1.807, 2.05) is 39.0 Å². The quantitative estimate of drug-likeness (QED) is 0.263. The number of ether oxygens (including phenoxy) is 2. The summed E-state index contributed by atoms with van der Waals surface area (Å²) in [6, 6.07) is 8.05. The maximum absolute atomic E-state index is 5.94. The molecule has 138 valence electrons. The highest BCUT2D eigenvalue weighted by molar-refractivity contribution is 14.0. The van der Waals surface area contributed by atoms with E-state index in [2.05, 4.69) is 28.6 Å². The van der Waals surface area contributed by atoms with Gasteiger partial charge in [0, 0.05) is 20.2 Å². The molecule has 1 unspecified atom stereocenters. The Hall–Kier alpha value is -1.02. The van der Waals surface area contributed by atoms with E-state index >= 15 is 0 Å². The van der Waals surface area contributed by atoms with Crippen molar-refractivity contribution in [2.24, 2.45) is 4.99 Å². The maximum atomic E-state index is 5.94. The van der Waals surface area contributed by atoms with Crippen LogP contribution in [0.2, 0.25) is 0 Å². The van der Waals surface area contributed by atoms with E-state index in [1.54, 1.807) is 7.05 Å². The molecular weight excluding hydrogens is 417 g/mol. The Morgan fingerprint density at radius 2 is 1.88 bits per heavy atom. The zero-order valence-corrected chi connectivity index (χ0v) is 17.8. The normalized spacial score (nSPS) is 12.5. The third-order valence-electron chi connectivity index (χ3n) is 3.27. The van der Waals surface area contributed by atoms with Crippen LogP contribution in [0, 0.1) is 6.92 Å². The Balaban J connectivity index is 0.00000529. The van der Waals surface area contributed by atoms with Gasteiger partial charge in [0.05, 0.1) is 12.6 Å². The highest BCUT2D eigenvalue weighted by Gasteiger charge is 2.07. The number of para-hydroxylation sites is 1. The number of aryl methyl sites for hydroxylation is 1. The monoisotopic (exact) mass is 449 g/mol. The van der Waals surface area contributed by atoms with E-state index in [-0.39, 0.29) is 36.2 Å². The SMILES string of the molecule is CN=C(NCCCOC(C)C)NCC(C)Oc1ccccc1C.I. The molecule has 0 aliphatic heterocycles. The summed E-state index contributed by atoms with van der Waals surface area (Å²) in [7, 11) is 1.77.